The van der Waals surface area contributed by atoms with Crippen molar-refractivity contribution in [3.8, 4) is 0 Å². The van der Waals surface area contributed by atoms with E-state index in [1.165, 1.54) is 12.8 Å². The van der Waals surface area contributed by atoms with Gasteiger partial charge in [0.05, 0.1) is 19.4 Å². The van der Waals surface area contributed by atoms with Crippen molar-refractivity contribution in [3.63, 3.8) is 0 Å². The van der Waals surface area contributed by atoms with Gasteiger partial charge in [-0.05, 0) is 49.1 Å². The van der Waals surface area contributed by atoms with E-state index in [1.807, 2.05) is 24.3 Å². The van der Waals surface area contributed by atoms with E-state index in [4.69, 9.17) is 9.40 Å². The van der Waals surface area contributed by atoms with Crippen LogP contribution in [0.5, 0.6) is 0 Å². The Morgan fingerprint density at radius 3 is 2.86 bits per heavy atom. The van der Waals surface area contributed by atoms with Gasteiger partial charge >= 0.3 is 0 Å². The minimum atomic E-state index is 0.0610. The summed E-state index contributed by atoms with van der Waals surface area (Å²) in [5, 5.41) is 9.48. The fourth-order valence-corrected chi connectivity index (χ4v) is 2.61. The first-order chi connectivity index (χ1) is 10.3. The van der Waals surface area contributed by atoms with E-state index in [2.05, 4.69) is 11.8 Å². The zero-order chi connectivity index (χ0) is 14.7. The lowest BCUT2D eigenvalue weighted by atomic mass is 10.1. The lowest BCUT2D eigenvalue weighted by Crippen LogP contribution is -2.26. The van der Waals surface area contributed by atoms with Crippen LogP contribution in [0.2, 0.25) is 0 Å². The van der Waals surface area contributed by atoms with Gasteiger partial charge in [0.25, 0.3) is 0 Å². The molecule has 0 spiro atoms. The maximum absolute atomic E-state index is 9.48. The molecule has 2 aromatic rings. The summed E-state index contributed by atoms with van der Waals surface area (Å²) in [6, 6.07) is 8.47. The van der Waals surface area contributed by atoms with Crippen LogP contribution in [0.4, 0.5) is 5.82 Å². The van der Waals surface area contributed by atoms with Crippen LogP contribution in [0.15, 0.2) is 34.9 Å². The van der Waals surface area contributed by atoms with Gasteiger partial charge in [-0.3, -0.25) is 0 Å². The summed E-state index contributed by atoms with van der Waals surface area (Å²) >= 11 is 0. The van der Waals surface area contributed by atoms with E-state index in [0.29, 0.717) is 6.04 Å². The van der Waals surface area contributed by atoms with Gasteiger partial charge in [-0.25, -0.2) is 4.98 Å². The molecule has 0 aromatic carbocycles. The molecule has 1 fully saturated rings. The fourth-order valence-electron chi connectivity index (χ4n) is 2.61. The quantitative estimate of drug-likeness (QED) is 0.848. The number of hydrogen-bond acceptors (Lipinski definition) is 4. The number of anilines is 1. The topological polar surface area (TPSA) is 49.5 Å². The summed E-state index contributed by atoms with van der Waals surface area (Å²) in [6.45, 7) is 2.95. The molecule has 21 heavy (non-hydrogen) atoms. The van der Waals surface area contributed by atoms with Crippen molar-refractivity contribution in [2.45, 2.75) is 51.8 Å². The molecular weight excluding hydrogens is 264 g/mol. The van der Waals surface area contributed by atoms with Gasteiger partial charge in [0.1, 0.15) is 11.6 Å². The van der Waals surface area contributed by atoms with Crippen LogP contribution in [0.3, 0.4) is 0 Å². The zero-order valence-corrected chi connectivity index (χ0v) is 12.5. The molecule has 2 heterocycles. The number of hydrogen-bond donors (Lipinski definition) is 1. The molecule has 3 rings (SSSR count). The summed E-state index contributed by atoms with van der Waals surface area (Å²) in [6.07, 6.45) is 6.12. The van der Waals surface area contributed by atoms with Crippen molar-refractivity contribution in [3.05, 3.63) is 47.5 Å². The van der Waals surface area contributed by atoms with Gasteiger partial charge in [0, 0.05) is 11.7 Å². The van der Waals surface area contributed by atoms with Crippen LogP contribution in [0.25, 0.3) is 0 Å². The van der Waals surface area contributed by atoms with Gasteiger partial charge in [-0.1, -0.05) is 13.3 Å². The third-order valence-electron chi connectivity index (χ3n) is 3.80. The highest BCUT2D eigenvalue weighted by molar-refractivity contribution is 5.45. The molecule has 1 aliphatic rings. The second-order valence-electron chi connectivity index (χ2n) is 5.67. The van der Waals surface area contributed by atoms with E-state index < -0.39 is 0 Å². The zero-order valence-electron chi connectivity index (χ0n) is 12.5. The summed E-state index contributed by atoms with van der Waals surface area (Å²) in [5.41, 5.74) is 2.00. The van der Waals surface area contributed by atoms with Gasteiger partial charge < -0.3 is 14.4 Å². The third kappa shape index (κ3) is 3.45. The lowest BCUT2D eigenvalue weighted by Gasteiger charge is -2.23. The number of furan rings is 1. The van der Waals surface area contributed by atoms with Crippen molar-refractivity contribution in [2.24, 2.45) is 0 Å². The maximum Gasteiger partial charge on any atom is 0.129 e. The van der Waals surface area contributed by atoms with Gasteiger partial charge in [0.15, 0.2) is 0 Å². The molecule has 0 atom stereocenters. The van der Waals surface area contributed by atoms with Crippen LogP contribution >= 0.6 is 0 Å². The summed E-state index contributed by atoms with van der Waals surface area (Å²) in [4.78, 5) is 7.09. The van der Waals surface area contributed by atoms with Crippen LogP contribution in [0.1, 0.15) is 43.2 Å². The van der Waals surface area contributed by atoms with Gasteiger partial charge in [-0.2, -0.15) is 0 Å². The van der Waals surface area contributed by atoms with Gasteiger partial charge in [0.2, 0.25) is 0 Å². The molecule has 4 nitrogen and oxygen atoms in total. The first-order valence-electron chi connectivity index (χ1n) is 7.70. The fraction of sp³-hybridized carbons (Fsp3) is 0.471. The number of rotatable bonds is 7. The molecule has 1 N–H and O–H groups in total. The molecule has 1 saturated carbocycles. The van der Waals surface area contributed by atoms with Crippen molar-refractivity contribution >= 4 is 5.82 Å². The van der Waals surface area contributed by atoms with Crippen LogP contribution in [-0.2, 0) is 19.6 Å². The Morgan fingerprint density at radius 1 is 1.38 bits per heavy atom. The Hall–Kier alpha value is -1.81. The molecule has 2 aromatic heterocycles. The van der Waals surface area contributed by atoms with Gasteiger partial charge in [-0.15, -0.1) is 0 Å². The molecule has 0 saturated heterocycles. The number of aryl methyl sites for hydroxylation is 1. The van der Waals surface area contributed by atoms with E-state index in [9.17, 15) is 5.11 Å². The van der Waals surface area contributed by atoms with E-state index >= 15 is 0 Å². The SMILES string of the molecule is CCCc1cc(CO)cc(N(Cc2ccco2)C2CC2)n1. The molecule has 0 radical (unpaired) electrons. The monoisotopic (exact) mass is 286 g/mol. The molecule has 0 bridgehead atoms. The summed E-state index contributed by atoms with van der Waals surface area (Å²) in [5.74, 6) is 1.92. The molecule has 0 unspecified atom stereocenters. The molecule has 4 heteroatoms. The smallest absolute Gasteiger partial charge is 0.129 e. The number of pyridine rings is 1. The molecule has 0 amide bonds. The number of aliphatic hydroxyl groups is 1. The average molecular weight is 286 g/mol. The number of aliphatic hydroxyl groups excluding tert-OH is 1. The maximum atomic E-state index is 9.48. The number of aromatic nitrogens is 1. The molecule has 1 aliphatic carbocycles. The standard InChI is InChI=1S/C17H22N2O2/c1-2-4-14-9-13(12-20)10-17(18-14)19(15-6-7-15)11-16-5-3-8-21-16/h3,5,8-10,15,20H,2,4,6-7,11-12H2,1H3. The second kappa shape index (κ2) is 6.31. The van der Waals surface area contributed by atoms with E-state index in [-0.39, 0.29) is 6.61 Å². The predicted molar refractivity (Wildman–Crippen MR) is 82.1 cm³/mol. The Morgan fingerprint density at radius 2 is 2.24 bits per heavy atom. The highest BCUT2D eigenvalue weighted by Gasteiger charge is 2.31. The Balaban J connectivity index is 1.88. The van der Waals surface area contributed by atoms with Crippen LogP contribution in [0, 0.1) is 0 Å². The molecule has 112 valence electrons. The third-order valence-corrected chi connectivity index (χ3v) is 3.80. The molecular formula is C17H22N2O2. The van der Waals surface area contributed by atoms with Crippen molar-refractivity contribution in [1.82, 2.24) is 4.98 Å². The molecule has 0 aliphatic heterocycles. The van der Waals surface area contributed by atoms with Crippen molar-refractivity contribution in [1.29, 1.82) is 0 Å². The highest BCUT2D eigenvalue weighted by atomic mass is 16.3. The lowest BCUT2D eigenvalue weighted by molar-refractivity contribution is 0.281. The van der Waals surface area contributed by atoms with E-state index in [0.717, 1.165) is 42.2 Å². The minimum Gasteiger partial charge on any atom is -0.467 e. The second-order valence-corrected chi connectivity index (χ2v) is 5.67. The Kier molecular flexibility index (Phi) is 4.25. The normalized spacial score (nSPS) is 14.4. The van der Waals surface area contributed by atoms with Crippen molar-refractivity contribution < 1.29 is 9.52 Å². The average Bonchev–Trinajstić information content (AvgIpc) is 3.21. The van der Waals surface area contributed by atoms with E-state index in [1.54, 1.807) is 6.26 Å². The van der Waals surface area contributed by atoms with Crippen molar-refractivity contribution in [2.75, 3.05) is 4.90 Å². The van der Waals surface area contributed by atoms with Crippen LogP contribution < -0.4 is 4.90 Å². The van der Waals surface area contributed by atoms with Crippen LogP contribution in [-0.4, -0.2) is 16.1 Å². The summed E-state index contributed by atoms with van der Waals surface area (Å²) in [7, 11) is 0. The highest BCUT2D eigenvalue weighted by Crippen LogP contribution is 2.33. The predicted octanol–water partition coefficient (Wildman–Crippen LogP) is 3.29. The first kappa shape index (κ1) is 14.1. The number of nitrogens with zero attached hydrogens (tertiary/aromatic N) is 2. The Labute approximate surface area is 125 Å². The first-order valence-corrected chi connectivity index (χ1v) is 7.70. The largest absolute Gasteiger partial charge is 0.467 e. The summed E-state index contributed by atoms with van der Waals surface area (Å²) < 4.78 is 5.48. The minimum absolute atomic E-state index is 0.0610. The Bertz CT molecular complexity index is 576.